The van der Waals surface area contributed by atoms with E-state index in [9.17, 15) is 9.59 Å². The second kappa shape index (κ2) is 6.60. The molecule has 0 saturated carbocycles. The lowest BCUT2D eigenvalue weighted by molar-refractivity contribution is -0.139. The van der Waals surface area contributed by atoms with Gasteiger partial charge in [-0.1, -0.05) is 0 Å². The van der Waals surface area contributed by atoms with Gasteiger partial charge in [0.25, 0.3) is 5.91 Å². The molecule has 1 amide bonds. The van der Waals surface area contributed by atoms with Crippen LogP contribution in [0.1, 0.15) is 16.9 Å². The highest BCUT2D eigenvalue weighted by Crippen LogP contribution is 2.25. The Morgan fingerprint density at radius 1 is 1.40 bits per heavy atom. The van der Waals surface area contributed by atoms with Gasteiger partial charge in [0.2, 0.25) is 0 Å². The van der Waals surface area contributed by atoms with Crippen LogP contribution in [0.3, 0.4) is 0 Å². The predicted octanol–water partition coefficient (Wildman–Crippen LogP) is 1.44. The molecule has 0 saturated heterocycles. The first kappa shape index (κ1) is 14.6. The number of carbonyl (C=O) groups is 2. The average molecular weight is 312 g/mol. The van der Waals surface area contributed by atoms with Crippen LogP contribution in [0.15, 0.2) is 22.2 Å². The topological polar surface area (TPSA) is 99.5 Å². The second-order valence-electron chi connectivity index (χ2n) is 3.93. The van der Waals surface area contributed by atoms with Crippen LogP contribution in [0.25, 0.3) is 10.6 Å². The lowest BCUT2D eigenvalue weighted by Crippen LogP contribution is -2.41. The van der Waals surface area contributed by atoms with Crippen molar-refractivity contribution in [2.75, 3.05) is 6.61 Å². The highest BCUT2D eigenvalue weighted by molar-refractivity contribution is 7.14. The van der Waals surface area contributed by atoms with Gasteiger partial charge in [-0.3, -0.25) is 4.79 Å². The van der Waals surface area contributed by atoms with Gasteiger partial charge >= 0.3 is 5.97 Å². The van der Waals surface area contributed by atoms with Crippen molar-refractivity contribution in [2.24, 2.45) is 0 Å². The average Bonchev–Trinajstić information content (AvgIpc) is 3.08. The summed E-state index contributed by atoms with van der Waals surface area (Å²) in [6, 6.07) is 0.788. The number of carboxylic acids is 1. The SMILES string of the molecule is O=C(N[C@@H](CCO)C(=O)O)c1csc(-c2ccsc2)n1. The molecule has 1 atom stereocenters. The Bertz CT molecular complexity index is 594. The molecule has 0 aliphatic heterocycles. The molecule has 3 N–H and O–H groups in total. The lowest BCUT2D eigenvalue weighted by Gasteiger charge is -2.11. The van der Waals surface area contributed by atoms with E-state index in [1.807, 2.05) is 16.8 Å². The first-order valence-electron chi connectivity index (χ1n) is 5.74. The van der Waals surface area contributed by atoms with Gasteiger partial charge in [-0.2, -0.15) is 11.3 Å². The summed E-state index contributed by atoms with van der Waals surface area (Å²) in [5.74, 6) is -1.73. The number of amides is 1. The molecule has 0 aliphatic carbocycles. The van der Waals surface area contributed by atoms with Crippen molar-refractivity contribution in [3.63, 3.8) is 0 Å². The number of aliphatic hydroxyl groups excluding tert-OH is 1. The molecule has 2 aromatic rings. The molecule has 106 valence electrons. The summed E-state index contributed by atoms with van der Waals surface area (Å²) in [6.07, 6.45) is -0.0391. The summed E-state index contributed by atoms with van der Waals surface area (Å²) in [7, 11) is 0. The Morgan fingerprint density at radius 3 is 2.80 bits per heavy atom. The maximum atomic E-state index is 11.9. The molecule has 0 spiro atoms. The minimum absolute atomic E-state index is 0.0391. The summed E-state index contributed by atoms with van der Waals surface area (Å²) >= 11 is 2.86. The van der Waals surface area contributed by atoms with E-state index in [1.165, 1.54) is 22.7 Å². The molecule has 0 fully saturated rings. The quantitative estimate of drug-likeness (QED) is 0.749. The molecule has 8 heteroatoms. The Morgan fingerprint density at radius 2 is 2.20 bits per heavy atom. The Hall–Kier alpha value is -1.77. The first-order chi connectivity index (χ1) is 9.61. The van der Waals surface area contributed by atoms with E-state index in [0.29, 0.717) is 5.01 Å². The largest absolute Gasteiger partial charge is 0.480 e. The van der Waals surface area contributed by atoms with Crippen LogP contribution in [0.5, 0.6) is 0 Å². The van der Waals surface area contributed by atoms with E-state index >= 15 is 0 Å². The van der Waals surface area contributed by atoms with E-state index in [1.54, 1.807) is 5.38 Å². The number of aromatic nitrogens is 1. The summed E-state index contributed by atoms with van der Waals surface area (Å²) < 4.78 is 0. The van der Waals surface area contributed by atoms with Crippen molar-refractivity contribution in [2.45, 2.75) is 12.5 Å². The number of carbonyl (C=O) groups excluding carboxylic acids is 1. The summed E-state index contributed by atoms with van der Waals surface area (Å²) in [5.41, 5.74) is 1.12. The molecule has 6 nitrogen and oxygen atoms in total. The van der Waals surface area contributed by atoms with Crippen LogP contribution in [0.2, 0.25) is 0 Å². The fraction of sp³-hybridized carbons (Fsp3) is 0.250. The molecule has 0 aromatic carbocycles. The van der Waals surface area contributed by atoms with E-state index in [4.69, 9.17) is 10.2 Å². The number of nitrogens with one attached hydrogen (secondary N) is 1. The fourth-order valence-corrected chi connectivity index (χ4v) is 3.03. The normalized spacial score (nSPS) is 12.1. The minimum Gasteiger partial charge on any atom is -0.480 e. The first-order valence-corrected chi connectivity index (χ1v) is 7.56. The van der Waals surface area contributed by atoms with Crippen molar-refractivity contribution in [3.05, 3.63) is 27.9 Å². The van der Waals surface area contributed by atoms with Crippen molar-refractivity contribution < 1.29 is 19.8 Å². The third-order valence-electron chi connectivity index (χ3n) is 2.53. The Labute approximate surface area is 122 Å². The second-order valence-corrected chi connectivity index (χ2v) is 5.56. The maximum Gasteiger partial charge on any atom is 0.326 e. The van der Waals surface area contributed by atoms with E-state index in [0.717, 1.165) is 5.56 Å². The van der Waals surface area contributed by atoms with Gasteiger partial charge in [0.05, 0.1) is 0 Å². The summed E-state index contributed by atoms with van der Waals surface area (Å²) in [4.78, 5) is 27.0. The van der Waals surface area contributed by atoms with Gasteiger partial charge in [-0.05, 0) is 11.4 Å². The zero-order valence-electron chi connectivity index (χ0n) is 10.3. The summed E-state index contributed by atoms with van der Waals surface area (Å²) in [5, 5.41) is 26.2. The van der Waals surface area contributed by atoms with Gasteiger partial charge in [0.1, 0.15) is 16.7 Å². The van der Waals surface area contributed by atoms with Crippen LogP contribution >= 0.6 is 22.7 Å². The molecule has 0 aliphatic rings. The van der Waals surface area contributed by atoms with Crippen molar-refractivity contribution in [1.29, 1.82) is 0 Å². The molecular formula is C12H12N2O4S2. The number of thiophene rings is 1. The monoisotopic (exact) mass is 312 g/mol. The van der Waals surface area contributed by atoms with Crippen LogP contribution in [-0.2, 0) is 4.79 Å². The van der Waals surface area contributed by atoms with Gasteiger partial charge in [0, 0.05) is 29.4 Å². The minimum atomic E-state index is -1.18. The number of carboxylic acid groups (broad SMARTS) is 1. The van der Waals surface area contributed by atoms with E-state index in [2.05, 4.69) is 10.3 Å². The molecule has 2 aromatic heterocycles. The molecule has 2 rings (SSSR count). The van der Waals surface area contributed by atoms with Crippen molar-refractivity contribution >= 4 is 34.6 Å². The van der Waals surface area contributed by atoms with Gasteiger partial charge in [0.15, 0.2) is 0 Å². The molecule has 0 radical (unpaired) electrons. The Kier molecular flexibility index (Phi) is 4.83. The Balaban J connectivity index is 2.08. The highest BCUT2D eigenvalue weighted by atomic mass is 32.1. The van der Waals surface area contributed by atoms with Gasteiger partial charge in [-0.15, -0.1) is 11.3 Å². The number of rotatable bonds is 6. The molecule has 2 heterocycles. The molecule has 0 unspecified atom stereocenters. The number of hydrogen-bond donors (Lipinski definition) is 3. The number of hydrogen-bond acceptors (Lipinski definition) is 6. The van der Waals surface area contributed by atoms with E-state index in [-0.39, 0.29) is 18.7 Å². The molecule has 20 heavy (non-hydrogen) atoms. The highest BCUT2D eigenvalue weighted by Gasteiger charge is 2.21. The summed E-state index contributed by atoms with van der Waals surface area (Å²) in [6.45, 7) is -0.311. The fourth-order valence-electron chi connectivity index (χ4n) is 1.52. The van der Waals surface area contributed by atoms with Gasteiger partial charge in [-0.25, -0.2) is 9.78 Å². The number of aliphatic carboxylic acids is 1. The third kappa shape index (κ3) is 3.41. The zero-order chi connectivity index (χ0) is 14.5. The smallest absolute Gasteiger partial charge is 0.326 e. The third-order valence-corrected chi connectivity index (χ3v) is 4.10. The predicted molar refractivity (Wildman–Crippen MR) is 76.0 cm³/mol. The maximum absolute atomic E-state index is 11.9. The van der Waals surface area contributed by atoms with Crippen LogP contribution in [0, 0.1) is 0 Å². The van der Waals surface area contributed by atoms with Crippen LogP contribution < -0.4 is 5.32 Å². The lowest BCUT2D eigenvalue weighted by atomic mass is 10.2. The standard InChI is InChI=1S/C12H12N2O4S2/c15-3-1-8(12(17)18)13-10(16)9-6-20-11(14-9)7-2-4-19-5-7/h2,4-6,8,15H,1,3H2,(H,13,16)(H,17,18)/t8-/m0/s1. The molecular weight excluding hydrogens is 300 g/mol. The van der Waals surface area contributed by atoms with Crippen molar-refractivity contribution in [3.8, 4) is 10.6 Å². The van der Waals surface area contributed by atoms with E-state index < -0.39 is 17.9 Å². The van der Waals surface area contributed by atoms with Gasteiger partial charge < -0.3 is 15.5 Å². The number of thiazole rings is 1. The van der Waals surface area contributed by atoms with Crippen molar-refractivity contribution in [1.82, 2.24) is 10.3 Å². The number of aliphatic hydroxyl groups is 1. The van der Waals surface area contributed by atoms with Crippen LogP contribution in [-0.4, -0.2) is 39.7 Å². The van der Waals surface area contributed by atoms with Crippen LogP contribution in [0.4, 0.5) is 0 Å². The zero-order valence-corrected chi connectivity index (χ0v) is 11.9. The number of nitrogens with zero attached hydrogens (tertiary/aromatic N) is 1. The molecule has 0 bridgehead atoms.